The van der Waals surface area contributed by atoms with Gasteiger partial charge in [0.1, 0.15) is 12.6 Å². The summed E-state index contributed by atoms with van der Waals surface area (Å²) < 4.78 is 29.8. The Morgan fingerprint density at radius 1 is 0.826 bits per heavy atom. The molecule has 0 saturated carbocycles. The van der Waals surface area contributed by atoms with Crippen LogP contribution in [0.1, 0.15) is 49.4 Å². The van der Waals surface area contributed by atoms with E-state index in [9.17, 15) is 18.0 Å². The first-order chi connectivity index (χ1) is 22.0. The lowest BCUT2D eigenvalue weighted by molar-refractivity contribution is -0.140. The molecule has 242 valence electrons. The summed E-state index contributed by atoms with van der Waals surface area (Å²) in [6, 6.07) is 29.3. The normalized spacial score (nSPS) is 12.6. The van der Waals surface area contributed by atoms with E-state index in [4.69, 9.17) is 11.6 Å². The SMILES string of the molecule is CCc1ccccc1N(CC(=O)N(Cc1ccccc1Cl)[C@H](Cc1ccccc1)C(=O)N[C@H](C)CC)S(=O)(=O)c1ccc(C)cc1. The number of benzene rings is 4. The smallest absolute Gasteiger partial charge is 0.264 e. The van der Waals surface area contributed by atoms with Crippen LogP contribution in [0.5, 0.6) is 0 Å². The minimum absolute atomic E-state index is 0.0117. The van der Waals surface area contributed by atoms with Crippen molar-refractivity contribution in [3.63, 3.8) is 0 Å². The molecule has 0 radical (unpaired) electrons. The molecule has 4 aromatic carbocycles. The van der Waals surface area contributed by atoms with Gasteiger partial charge in [0.15, 0.2) is 0 Å². The number of hydrogen-bond donors (Lipinski definition) is 1. The predicted octanol–water partition coefficient (Wildman–Crippen LogP) is 6.96. The van der Waals surface area contributed by atoms with Crippen molar-refractivity contribution in [2.45, 2.75) is 70.5 Å². The molecular formula is C37H42ClN3O4S. The van der Waals surface area contributed by atoms with Crippen molar-refractivity contribution in [2.24, 2.45) is 0 Å². The van der Waals surface area contributed by atoms with Gasteiger partial charge in [-0.2, -0.15) is 0 Å². The fraction of sp³-hybridized carbons (Fsp3) is 0.297. The highest BCUT2D eigenvalue weighted by molar-refractivity contribution is 7.92. The van der Waals surface area contributed by atoms with Crippen LogP contribution < -0.4 is 9.62 Å². The summed E-state index contributed by atoms with van der Waals surface area (Å²) in [5.41, 5.74) is 3.62. The quantitative estimate of drug-likeness (QED) is 0.159. The third kappa shape index (κ3) is 8.56. The molecule has 0 aromatic heterocycles. The number of aryl methyl sites for hydroxylation is 2. The van der Waals surface area contributed by atoms with Crippen LogP contribution in [-0.4, -0.2) is 43.8 Å². The Balaban J connectivity index is 1.84. The molecule has 7 nitrogen and oxygen atoms in total. The van der Waals surface area contributed by atoms with Gasteiger partial charge in [0, 0.05) is 24.0 Å². The van der Waals surface area contributed by atoms with Gasteiger partial charge in [-0.15, -0.1) is 0 Å². The molecule has 4 rings (SSSR count). The summed E-state index contributed by atoms with van der Waals surface area (Å²) >= 11 is 6.59. The van der Waals surface area contributed by atoms with Gasteiger partial charge in [0.2, 0.25) is 11.8 Å². The summed E-state index contributed by atoms with van der Waals surface area (Å²) in [5.74, 6) is -0.845. The number of sulfonamides is 1. The molecule has 2 amide bonds. The van der Waals surface area contributed by atoms with E-state index in [1.807, 2.05) is 82.3 Å². The Morgan fingerprint density at radius 2 is 1.43 bits per heavy atom. The molecule has 4 aromatic rings. The molecular weight excluding hydrogens is 618 g/mol. The summed E-state index contributed by atoms with van der Waals surface area (Å²) in [6.45, 7) is 7.21. The average Bonchev–Trinajstić information content (AvgIpc) is 3.06. The molecule has 0 heterocycles. The monoisotopic (exact) mass is 659 g/mol. The van der Waals surface area contributed by atoms with E-state index in [-0.39, 0.29) is 29.8 Å². The van der Waals surface area contributed by atoms with Gasteiger partial charge in [-0.3, -0.25) is 13.9 Å². The standard InChI is InChI=1S/C37H42ClN3O4S/c1-5-28(4)39-37(43)35(24-29-14-8-7-9-15-29)40(25-31-17-10-12-18-33(31)38)36(42)26-41(34-19-13-11-16-30(34)6-2)46(44,45)32-22-20-27(3)21-23-32/h7-23,28,35H,5-6,24-26H2,1-4H3,(H,39,43)/t28-,35-/m1/s1. The summed E-state index contributed by atoms with van der Waals surface area (Å²) in [5, 5.41) is 3.50. The number of anilines is 1. The highest BCUT2D eigenvalue weighted by Crippen LogP contribution is 2.29. The molecule has 0 bridgehead atoms. The molecule has 0 aliphatic heterocycles. The van der Waals surface area contributed by atoms with Crippen molar-refractivity contribution < 1.29 is 18.0 Å². The number of nitrogens with zero attached hydrogens (tertiary/aromatic N) is 2. The van der Waals surface area contributed by atoms with Crippen LogP contribution in [-0.2, 0) is 39.0 Å². The first-order valence-corrected chi connectivity index (χ1v) is 17.4. The zero-order chi connectivity index (χ0) is 33.3. The van der Waals surface area contributed by atoms with Gasteiger partial charge in [-0.25, -0.2) is 8.42 Å². The lowest BCUT2D eigenvalue weighted by atomic mass is 10.0. The maximum Gasteiger partial charge on any atom is 0.264 e. The largest absolute Gasteiger partial charge is 0.352 e. The minimum Gasteiger partial charge on any atom is -0.352 e. The third-order valence-corrected chi connectivity index (χ3v) is 10.2. The van der Waals surface area contributed by atoms with Crippen molar-refractivity contribution in [1.29, 1.82) is 0 Å². The topological polar surface area (TPSA) is 86.8 Å². The summed E-state index contributed by atoms with van der Waals surface area (Å²) in [4.78, 5) is 30.2. The first-order valence-electron chi connectivity index (χ1n) is 15.6. The molecule has 0 spiro atoms. The van der Waals surface area contributed by atoms with Crippen LogP contribution in [0.3, 0.4) is 0 Å². The maximum absolute atomic E-state index is 14.7. The van der Waals surface area contributed by atoms with Crippen LogP contribution in [0.4, 0.5) is 5.69 Å². The van der Waals surface area contributed by atoms with Crippen molar-refractivity contribution in [1.82, 2.24) is 10.2 Å². The van der Waals surface area contributed by atoms with Crippen molar-refractivity contribution in [2.75, 3.05) is 10.8 Å². The Bertz CT molecular complexity index is 1730. The second kappa shape index (κ2) is 15.9. The van der Waals surface area contributed by atoms with Crippen LogP contribution in [0.2, 0.25) is 5.02 Å². The second-order valence-corrected chi connectivity index (χ2v) is 13.7. The first kappa shape index (κ1) is 34.7. The Kier molecular flexibility index (Phi) is 12.0. The zero-order valence-corrected chi connectivity index (χ0v) is 28.4. The van der Waals surface area contributed by atoms with Crippen LogP contribution in [0.25, 0.3) is 0 Å². The van der Waals surface area contributed by atoms with Crippen LogP contribution >= 0.6 is 11.6 Å². The fourth-order valence-corrected chi connectivity index (χ4v) is 6.86. The van der Waals surface area contributed by atoms with E-state index >= 15 is 0 Å². The zero-order valence-electron chi connectivity index (χ0n) is 26.8. The van der Waals surface area contributed by atoms with E-state index in [1.54, 1.807) is 48.5 Å². The van der Waals surface area contributed by atoms with E-state index < -0.39 is 28.5 Å². The molecule has 0 unspecified atom stereocenters. The van der Waals surface area contributed by atoms with Gasteiger partial charge < -0.3 is 10.2 Å². The number of amides is 2. The number of carbonyl (C=O) groups excluding carboxylic acids is 2. The second-order valence-electron chi connectivity index (χ2n) is 11.4. The summed E-state index contributed by atoms with van der Waals surface area (Å²) in [7, 11) is -4.18. The molecule has 2 atom stereocenters. The molecule has 1 N–H and O–H groups in total. The highest BCUT2D eigenvalue weighted by atomic mass is 35.5. The molecule has 46 heavy (non-hydrogen) atoms. The summed E-state index contributed by atoms with van der Waals surface area (Å²) in [6.07, 6.45) is 1.50. The maximum atomic E-state index is 14.7. The van der Waals surface area contributed by atoms with E-state index in [2.05, 4.69) is 5.32 Å². The fourth-order valence-electron chi connectivity index (χ4n) is 5.21. The molecule has 9 heteroatoms. The van der Waals surface area contributed by atoms with E-state index in [0.29, 0.717) is 29.1 Å². The number of para-hydroxylation sites is 1. The molecule has 0 fully saturated rings. The predicted molar refractivity (Wildman–Crippen MR) is 185 cm³/mol. The lowest BCUT2D eigenvalue weighted by Gasteiger charge is -2.35. The van der Waals surface area contributed by atoms with Crippen LogP contribution in [0.15, 0.2) is 108 Å². The number of rotatable bonds is 14. The minimum atomic E-state index is -4.18. The Hall–Kier alpha value is -4.14. The van der Waals surface area contributed by atoms with Gasteiger partial charge in [-0.05, 0) is 67.6 Å². The van der Waals surface area contributed by atoms with Crippen molar-refractivity contribution >= 4 is 39.1 Å². The van der Waals surface area contributed by atoms with Gasteiger partial charge in [0.05, 0.1) is 10.6 Å². The van der Waals surface area contributed by atoms with E-state index in [0.717, 1.165) is 16.7 Å². The van der Waals surface area contributed by atoms with Crippen LogP contribution in [0, 0.1) is 6.92 Å². The van der Waals surface area contributed by atoms with Crippen molar-refractivity contribution in [3.8, 4) is 0 Å². The molecule has 0 saturated heterocycles. The number of nitrogens with one attached hydrogen (secondary N) is 1. The number of carbonyl (C=O) groups is 2. The Morgan fingerprint density at radius 3 is 2.07 bits per heavy atom. The number of hydrogen-bond acceptors (Lipinski definition) is 4. The Labute approximate surface area is 278 Å². The lowest BCUT2D eigenvalue weighted by Crippen LogP contribution is -2.54. The van der Waals surface area contributed by atoms with Gasteiger partial charge in [-0.1, -0.05) is 110 Å². The van der Waals surface area contributed by atoms with E-state index in [1.165, 1.54) is 9.21 Å². The average molecular weight is 660 g/mol. The third-order valence-electron chi connectivity index (χ3n) is 8.10. The van der Waals surface area contributed by atoms with Gasteiger partial charge in [0.25, 0.3) is 10.0 Å². The molecule has 0 aliphatic rings. The number of halogens is 1. The highest BCUT2D eigenvalue weighted by Gasteiger charge is 2.35. The van der Waals surface area contributed by atoms with Gasteiger partial charge >= 0.3 is 0 Å². The molecule has 0 aliphatic carbocycles. The van der Waals surface area contributed by atoms with Crippen molar-refractivity contribution in [3.05, 3.63) is 130 Å².